The van der Waals surface area contributed by atoms with Crippen molar-refractivity contribution in [1.82, 2.24) is 4.90 Å². The van der Waals surface area contributed by atoms with Crippen LogP contribution in [0, 0.1) is 0 Å². The first kappa shape index (κ1) is 13.5. The Morgan fingerprint density at radius 3 is 2.47 bits per heavy atom. The first-order valence-electron chi connectivity index (χ1n) is 5.65. The van der Waals surface area contributed by atoms with Crippen molar-refractivity contribution >= 4 is 5.91 Å². The molecule has 0 saturated heterocycles. The number of likely N-dealkylation sites (N-methyl/N-ethyl adjacent to an activating group) is 1. The number of aliphatic hydroxyl groups excluding tert-OH is 1. The van der Waals surface area contributed by atoms with Crippen LogP contribution in [0.15, 0.2) is 30.3 Å². The Kier molecular flexibility index (Phi) is 4.97. The maximum atomic E-state index is 11.9. The summed E-state index contributed by atoms with van der Waals surface area (Å²) in [6.07, 6.45) is -0.559. The van der Waals surface area contributed by atoms with Crippen LogP contribution >= 0.6 is 0 Å². The average molecular weight is 237 g/mol. The van der Waals surface area contributed by atoms with Gasteiger partial charge in [0.1, 0.15) is 5.75 Å². The molecule has 0 aliphatic carbocycles. The standard InChI is InChI=1S/C13H19NO3/c1-10(9-15)14(3)13(16)11(2)17-12-7-5-4-6-8-12/h4-8,10-11,15H,9H2,1-3H3. The van der Waals surface area contributed by atoms with E-state index in [0.29, 0.717) is 5.75 Å². The van der Waals surface area contributed by atoms with Gasteiger partial charge in [0, 0.05) is 7.05 Å². The zero-order chi connectivity index (χ0) is 12.8. The topological polar surface area (TPSA) is 49.8 Å². The Bertz CT molecular complexity index is 353. The number of carbonyl (C=O) groups excluding carboxylic acids is 1. The molecule has 0 bridgehead atoms. The van der Waals surface area contributed by atoms with Gasteiger partial charge in [-0.1, -0.05) is 18.2 Å². The van der Waals surface area contributed by atoms with E-state index in [-0.39, 0.29) is 18.6 Å². The minimum absolute atomic E-state index is 0.0553. The summed E-state index contributed by atoms with van der Waals surface area (Å²) in [5.41, 5.74) is 0. The Balaban J connectivity index is 2.58. The van der Waals surface area contributed by atoms with Gasteiger partial charge in [0.2, 0.25) is 0 Å². The number of hydrogen-bond donors (Lipinski definition) is 1. The van der Waals surface area contributed by atoms with Crippen molar-refractivity contribution in [2.45, 2.75) is 26.0 Å². The van der Waals surface area contributed by atoms with Crippen LogP contribution in [0.3, 0.4) is 0 Å². The predicted octanol–water partition coefficient (Wildman–Crippen LogP) is 1.29. The van der Waals surface area contributed by atoms with E-state index in [2.05, 4.69) is 0 Å². The van der Waals surface area contributed by atoms with Gasteiger partial charge in [-0.25, -0.2) is 0 Å². The van der Waals surface area contributed by atoms with Crippen molar-refractivity contribution in [1.29, 1.82) is 0 Å². The molecule has 0 saturated carbocycles. The lowest BCUT2D eigenvalue weighted by Gasteiger charge is -2.26. The number of benzene rings is 1. The molecule has 4 heteroatoms. The van der Waals surface area contributed by atoms with Gasteiger partial charge >= 0.3 is 0 Å². The fourth-order valence-corrected chi connectivity index (χ4v) is 1.38. The number of rotatable bonds is 5. The molecule has 1 aromatic carbocycles. The van der Waals surface area contributed by atoms with Gasteiger partial charge in [-0.2, -0.15) is 0 Å². The summed E-state index contributed by atoms with van der Waals surface area (Å²) in [7, 11) is 1.66. The Morgan fingerprint density at radius 2 is 1.94 bits per heavy atom. The van der Waals surface area contributed by atoms with Crippen molar-refractivity contribution in [2.75, 3.05) is 13.7 Å². The van der Waals surface area contributed by atoms with Crippen LogP contribution in [0.2, 0.25) is 0 Å². The van der Waals surface area contributed by atoms with Crippen molar-refractivity contribution in [2.24, 2.45) is 0 Å². The summed E-state index contributed by atoms with van der Waals surface area (Å²) in [4.78, 5) is 13.4. The van der Waals surface area contributed by atoms with E-state index in [1.54, 1.807) is 33.0 Å². The van der Waals surface area contributed by atoms with Crippen molar-refractivity contribution in [3.63, 3.8) is 0 Å². The van der Waals surface area contributed by atoms with E-state index in [4.69, 9.17) is 9.84 Å². The fraction of sp³-hybridized carbons (Fsp3) is 0.462. The van der Waals surface area contributed by atoms with E-state index < -0.39 is 6.10 Å². The smallest absolute Gasteiger partial charge is 0.263 e. The summed E-state index contributed by atoms with van der Waals surface area (Å²) < 4.78 is 5.52. The molecule has 4 nitrogen and oxygen atoms in total. The van der Waals surface area contributed by atoms with Crippen molar-refractivity contribution in [3.8, 4) is 5.75 Å². The molecule has 17 heavy (non-hydrogen) atoms. The maximum Gasteiger partial charge on any atom is 0.263 e. The highest BCUT2D eigenvalue weighted by molar-refractivity contribution is 5.80. The quantitative estimate of drug-likeness (QED) is 0.839. The highest BCUT2D eigenvalue weighted by Gasteiger charge is 2.22. The number of nitrogens with zero attached hydrogens (tertiary/aromatic N) is 1. The molecule has 0 aromatic heterocycles. The largest absolute Gasteiger partial charge is 0.481 e. The van der Waals surface area contributed by atoms with Crippen LogP contribution < -0.4 is 4.74 Å². The molecular formula is C13H19NO3. The third-order valence-corrected chi connectivity index (χ3v) is 2.68. The third kappa shape index (κ3) is 3.75. The van der Waals surface area contributed by atoms with Crippen LogP contribution in [0.5, 0.6) is 5.75 Å². The summed E-state index contributed by atoms with van der Waals surface area (Å²) in [5.74, 6) is 0.522. The Morgan fingerprint density at radius 1 is 1.35 bits per heavy atom. The third-order valence-electron chi connectivity index (χ3n) is 2.68. The van der Waals surface area contributed by atoms with Gasteiger partial charge in [-0.3, -0.25) is 4.79 Å². The number of carbonyl (C=O) groups is 1. The second-order valence-electron chi connectivity index (χ2n) is 4.05. The summed E-state index contributed by atoms with van der Waals surface area (Å²) in [6.45, 7) is 3.43. The van der Waals surface area contributed by atoms with E-state index in [9.17, 15) is 4.79 Å². The molecule has 1 rings (SSSR count). The molecule has 0 heterocycles. The summed E-state index contributed by atoms with van der Waals surface area (Å²) in [5, 5.41) is 8.99. The SMILES string of the molecule is CC(Oc1ccccc1)C(=O)N(C)C(C)CO. The van der Waals surface area contributed by atoms with Crippen LogP contribution in [0.1, 0.15) is 13.8 Å². The molecule has 0 radical (unpaired) electrons. The Hall–Kier alpha value is -1.55. The van der Waals surface area contributed by atoms with Gasteiger partial charge in [0.05, 0.1) is 12.6 Å². The van der Waals surface area contributed by atoms with Gasteiger partial charge in [0.25, 0.3) is 5.91 Å². The minimum Gasteiger partial charge on any atom is -0.481 e. The van der Waals surface area contributed by atoms with Crippen LogP contribution in [0.25, 0.3) is 0 Å². The molecule has 94 valence electrons. The Labute approximate surface area is 102 Å². The van der Waals surface area contributed by atoms with Crippen LogP contribution in [-0.4, -0.2) is 41.7 Å². The number of aliphatic hydroxyl groups is 1. The van der Waals surface area contributed by atoms with E-state index >= 15 is 0 Å². The predicted molar refractivity (Wildman–Crippen MR) is 65.8 cm³/mol. The number of para-hydroxylation sites is 1. The number of ether oxygens (including phenoxy) is 1. The molecule has 0 aliphatic heterocycles. The first-order valence-corrected chi connectivity index (χ1v) is 5.65. The molecule has 2 atom stereocenters. The zero-order valence-corrected chi connectivity index (χ0v) is 10.5. The molecule has 1 N–H and O–H groups in total. The molecule has 1 aromatic rings. The average Bonchev–Trinajstić information content (AvgIpc) is 2.37. The highest BCUT2D eigenvalue weighted by atomic mass is 16.5. The maximum absolute atomic E-state index is 11.9. The molecule has 1 amide bonds. The van der Waals surface area contributed by atoms with Crippen LogP contribution in [-0.2, 0) is 4.79 Å². The normalized spacial score (nSPS) is 13.9. The first-order chi connectivity index (χ1) is 8.06. The molecule has 0 fully saturated rings. The lowest BCUT2D eigenvalue weighted by Crippen LogP contribution is -2.44. The lowest BCUT2D eigenvalue weighted by atomic mass is 10.2. The summed E-state index contributed by atoms with van der Waals surface area (Å²) >= 11 is 0. The summed E-state index contributed by atoms with van der Waals surface area (Å²) in [6, 6.07) is 9.00. The van der Waals surface area contributed by atoms with Gasteiger partial charge in [0.15, 0.2) is 6.10 Å². The number of amides is 1. The van der Waals surface area contributed by atoms with Crippen molar-refractivity contribution < 1.29 is 14.6 Å². The molecular weight excluding hydrogens is 218 g/mol. The molecule has 2 unspecified atom stereocenters. The zero-order valence-electron chi connectivity index (χ0n) is 10.5. The second-order valence-corrected chi connectivity index (χ2v) is 4.05. The van der Waals surface area contributed by atoms with Gasteiger partial charge in [-0.15, -0.1) is 0 Å². The lowest BCUT2D eigenvalue weighted by molar-refractivity contribution is -0.139. The second kappa shape index (κ2) is 6.25. The van der Waals surface area contributed by atoms with Gasteiger partial charge < -0.3 is 14.7 Å². The highest BCUT2D eigenvalue weighted by Crippen LogP contribution is 2.12. The monoisotopic (exact) mass is 237 g/mol. The van der Waals surface area contributed by atoms with Crippen molar-refractivity contribution in [3.05, 3.63) is 30.3 Å². The van der Waals surface area contributed by atoms with Crippen LogP contribution in [0.4, 0.5) is 0 Å². The fourth-order valence-electron chi connectivity index (χ4n) is 1.38. The van der Waals surface area contributed by atoms with E-state index in [1.807, 2.05) is 18.2 Å². The molecule has 0 aliphatic rings. The minimum atomic E-state index is -0.559. The van der Waals surface area contributed by atoms with Gasteiger partial charge in [-0.05, 0) is 26.0 Å². The van der Waals surface area contributed by atoms with E-state index in [0.717, 1.165) is 0 Å². The molecule has 0 spiro atoms. The van der Waals surface area contributed by atoms with E-state index in [1.165, 1.54) is 4.90 Å². The number of hydrogen-bond acceptors (Lipinski definition) is 3.